The first-order valence-electron chi connectivity index (χ1n) is 10.6. The summed E-state index contributed by atoms with van der Waals surface area (Å²) in [6.07, 6.45) is 10.8. The SMILES string of the molecule is CCCCCCCCCCC(=O)[C@H]1CC[C@@H]([C@H](O)CCC(=O)OCC)O1. The first-order valence-corrected chi connectivity index (χ1v) is 10.6. The van der Waals surface area contributed by atoms with Gasteiger partial charge in [-0.3, -0.25) is 9.59 Å². The van der Waals surface area contributed by atoms with Gasteiger partial charge in [-0.1, -0.05) is 51.9 Å². The molecule has 0 spiro atoms. The molecule has 1 aliphatic rings. The predicted molar refractivity (Wildman–Crippen MR) is 102 cm³/mol. The fourth-order valence-electron chi connectivity index (χ4n) is 3.46. The monoisotopic (exact) mass is 370 g/mol. The highest BCUT2D eigenvalue weighted by atomic mass is 16.5. The van der Waals surface area contributed by atoms with Crippen molar-refractivity contribution in [2.24, 2.45) is 0 Å². The third-order valence-electron chi connectivity index (χ3n) is 5.07. The summed E-state index contributed by atoms with van der Waals surface area (Å²) in [4.78, 5) is 23.6. The van der Waals surface area contributed by atoms with Crippen LogP contribution in [0.1, 0.15) is 97.3 Å². The van der Waals surface area contributed by atoms with E-state index in [9.17, 15) is 14.7 Å². The smallest absolute Gasteiger partial charge is 0.305 e. The fourth-order valence-corrected chi connectivity index (χ4v) is 3.46. The number of ether oxygens (including phenoxy) is 2. The van der Waals surface area contributed by atoms with E-state index in [2.05, 4.69) is 6.92 Å². The molecule has 1 aliphatic heterocycles. The Morgan fingerprint density at radius 3 is 2.31 bits per heavy atom. The molecule has 1 saturated heterocycles. The topological polar surface area (TPSA) is 72.8 Å². The third-order valence-corrected chi connectivity index (χ3v) is 5.07. The number of hydrogen-bond acceptors (Lipinski definition) is 5. The Morgan fingerprint density at radius 1 is 1.00 bits per heavy atom. The summed E-state index contributed by atoms with van der Waals surface area (Å²) < 4.78 is 10.6. The van der Waals surface area contributed by atoms with E-state index in [0.29, 0.717) is 32.3 Å². The Balaban J connectivity index is 2.10. The van der Waals surface area contributed by atoms with Gasteiger partial charge in [-0.2, -0.15) is 0 Å². The molecule has 0 bridgehead atoms. The molecule has 1 fully saturated rings. The Labute approximate surface area is 158 Å². The van der Waals surface area contributed by atoms with Gasteiger partial charge in [0.1, 0.15) is 6.10 Å². The van der Waals surface area contributed by atoms with Crippen LogP contribution in [-0.2, 0) is 19.1 Å². The average molecular weight is 371 g/mol. The van der Waals surface area contributed by atoms with Gasteiger partial charge < -0.3 is 14.6 Å². The van der Waals surface area contributed by atoms with E-state index >= 15 is 0 Å². The molecule has 0 radical (unpaired) electrons. The van der Waals surface area contributed by atoms with E-state index in [1.165, 1.54) is 38.5 Å². The number of carbonyl (C=O) groups is 2. The minimum Gasteiger partial charge on any atom is -0.466 e. The van der Waals surface area contributed by atoms with E-state index in [-0.39, 0.29) is 30.4 Å². The number of rotatable bonds is 15. The van der Waals surface area contributed by atoms with Crippen LogP contribution in [0, 0.1) is 0 Å². The molecule has 0 unspecified atom stereocenters. The van der Waals surface area contributed by atoms with Crippen LogP contribution in [0.4, 0.5) is 0 Å². The summed E-state index contributed by atoms with van der Waals surface area (Å²) in [7, 11) is 0. The molecule has 1 rings (SSSR count). The standard InChI is InChI=1S/C21H38O5/c1-3-5-6-7-8-9-10-11-12-17(22)19-14-15-20(26-19)18(23)13-16-21(24)25-4-2/h18-20,23H,3-16H2,1-2H3/t18-,19-,20+/m1/s1. The molecule has 0 saturated carbocycles. The van der Waals surface area contributed by atoms with Gasteiger partial charge in [0.15, 0.2) is 5.78 Å². The lowest BCUT2D eigenvalue weighted by atomic mass is 10.0. The van der Waals surface area contributed by atoms with Crippen LogP contribution in [-0.4, -0.2) is 41.8 Å². The van der Waals surface area contributed by atoms with Gasteiger partial charge in [0, 0.05) is 12.8 Å². The summed E-state index contributed by atoms with van der Waals surface area (Å²) in [5.74, 6) is -0.136. The van der Waals surface area contributed by atoms with Crippen LogP contribution in [0.25, 0.3) is 0 Å². The van der Waals surface area contributed by atoms with Crippen LogP contribution < -0.4 is 0 Å². The van der Waals surface area contributed by atoms with Gasteiger partial charge >= 0.3 is 5.97 Å². The lowest BCUT2D eigenvalue weighted by Gasteiger charge is -2.18. The van der Waals surface area contributed by atoms with Crippen molar-refractivity contribution in [2.75, 3.05) is 6.61 Å². The molecule has 5 nitrogen and oxygen atoms in total. The lowest BCUT2D eigenvalue weighted by Crippen LogP contribution is -2.29. The van der Waals surface area contributed by atoms with Gasteiger partial charge in [0.25, 0.3) is 0 Å². The maximum atomic E-state index is 12.3. The Kier molecular flexibility index (Phi) is 12.6. The summed E-state index contributed by atoms with van der Waals surface area (Å²) in [6, 6.07) is 0. The zero-order valence-corrected chi connectivity index (χ0v) is 16.7. The highest BCUT2D eigenvalue weighted by Crippen LogP contribution is 2.26. The molecule has 0 aliphatic carbocycles. The number of Topliss-reactive ketones (excluding diaryl/α,β-unsaturated/α-hetero) is 1. The molecule has 1 N–H and O–H groups in total. The second-order valence-electron chi connectivity index (χ2n) is 7.34. The van der Waals surface area contributed by atoms with Crippen molar-refractivity contribution in [3.63, 3.8) is 0 Å². The van der Waals surface area contributed by atoms with Crippen LogP contribution in [0.3, 0.4) is 0 Å². The number of aliphatic hydroxyl groups excluding tert-OH is 1. The molecule has 0 aromatic rings. The van der Waals surface area contributed by atoms with E-state index in [1.54, 1.807) is 6.92 Å². The molecule has 0 aromatic heterocycles. The third kappa shape index (κ3) is 9.67. The second kappa shape index (κ2) is 14.2. The summed E-state index contributed by atoms with van der Waals surface area (Å²) in [5, 5.41) is 10.2. The molecule has 0 aromatic carbocycles. The Bertz CT molecular complexity index is 396. The van der Waals surface area contributed by atoms with E-state index in [4.69, 9.17) is 9.47 Å². The number of aliphatic hydroxyl groups is 1. The zero-order chi connectivity index (χ0) is 19.2. The predicted octanol–water partition coefficient (Wildman–Crippen LogP) is 4.34. The molecule has 26 heavy (non-hydrogen) atoms. The first kappa shape index (κ1) is 23.1. The van der Waals surface area contributed by atoms with E-state index in [0.717, 1.165) is 12.8 Å². The molecule has 3 atom stereocenters. The Hall–Kier alpha value is -0.940. The van der Waals surface area contributed by atoms with E-state index < -0.39 is 6.10 Å². The number of esters is 1. The number of carbonyl (C=O) groups excluding carboxylic acids is 2. The quantitative estimate of drug-likeness (QED) is 0.343. The average Bonchev–Trinajstić information content (AvgIpc) is 3.12. The van der Waals surface area contributed by atoms with E-state index in [1.807, 2.05) is 0 Å². The highest BCUT2D eigenvalue weighted by Gasteiger charge is 2.34. The Morgan fingerprint density at radius 2 is 1.65 bits per heavy atom. The second-order valence-corrected chi connectivity index (χ2v) is 7.34. The van der Waals surface area contributed by atoms with Crippen molar-refractivity contribution in [3.8, 4) is 0 Å². The number of ketones is 1. The van der Waals surface area contributed by atoms with Crippen LogP contribution in [0.5, 0.6) is 0 Å². The van der Waals surface area contributed by atoms with Crippen molar-refractivity contribution in [2.45, 2.75) is 116 Å². The lowest BCUT2D eigenvalue weighted by molar-refractivity contribution is -0.145. The maximum Gasteiger partial charge on any atom is 0.305 e. The maximum absolute atomic E-state index is 12.3. The van der Waals surface area contributed by atoms with Gasteiger partial charge in [0.05, 0.1) is 18.8 Å². The van der Waals surface area contributed by atoms with Crippen molar-refractivity contribution in [1.82, 2.24) is 0 Å². The van der Waals surface area contributed by atoms with Crippen LogP contribution in [0.15, 0.2) is 0 Å². The van der Waals surface area contributed by atoms with Gasteiger partial charge in [-0.15, -0.1) is 0 Å². The molecule has 0 amide bonds. The summed E-state index contributed by atoms with van der Waals surface area (Å²) in [6.45, 7) is 4.34. The molecule has 1 heterocycles. The van der Waals surface area contributed by atoms with Gasteiger partial charge in [0.2, 0.25) is 0 Å². The summed E-state index contributed by atoms with van der Waals surface area (Å²) in [5.41, 5.74) is 0. The van der Waals surface area contributed by atoms with Crippen molar-refractivity contribution in [3.05, 3.63) is 0 Å². The van der Waals surface area contributed by atoms with Crippen LogP contribution >= 0.6 is 0 Å². The fraction of sp³-hybridized carbons (Fsp3) is 0.905. The minimum atomic E-state index is -0.708. The first-order chi connectivity index (χ1) is 12.6. The summed E-state index contributed by atoms with van der Waals surface area (Å²) >= 11 is 0. The van der Waals surface area contributed by atoms with Crippen LogP contribution in [0.2, 0.25) is 0 Å². The number of unbranched alkanes of at least 4 members (excludes halogenated alkanes) is 7. The zero-order valence-electron chi connectivity index (χ0n) is 16.7. The number of hydrogen-bond donors (Lipinski definition) is 1. The molecule has 152 valence electrons. The largest absolute Gasteiger partial charge is 0.466 e. The van der Waals surface area contributed by atoms with Crippen molar-refractivity contribution in [1.29, 1.82) is 0 Å². The molecular formula is C21H38O5. The van der Waals surface area contributed by atoms with Crippen molar-refractivity contribution < 1.29 is 24.2 Å². The minimum absolute atomic E-state index is 0.163. The normalized spacial score (nSPS) is 20.9. The molecule has 5 heteroatoms. The highest BCUT2D eigenvalue weighted by molar-refractivity contribution is 5.83. The van der Waals surface area contributed by atoms with Crippen molar-refractivity contribution >= 4 is 11.8 Å². The molecular weight excluding hydrogens is 332 g/mol. The van der Waals surface area contributed by atoms with Gasteiger partial charge in [-0.25, -0.2) is 0 Å². The van der Waals surface area contributed by atoms with Gasteiger partial charge in [-0.05, 0) is 32.6 Å².